The predicted molar refractivity (Wildman–Crippen MR) is 68.7 cm³/mol. The van der Waals surface area contributed by atoms with Gasteiger partial charge in [0.05, 0.1) is 6.04 Å². The van der Waals surface area contributed by atoms with Gasteiger partial charge < -0.3 is 0 Å². The smallest absolute Gasteiger partial charge is 0.0508 e. The van der Waals surface area contributed by atoms with E-state index in [0.717, 1.165) is 0 Å². The number of halogens is 1. The lowest BCUT2D eigenvalue weighted by Crippen LogP contribution is -2.36. The van der Waals surface area contributed by atoms with Crippen molar-refractivity contribution in [2.75, 3.05) is 0 Å². The molecule has 0 fully saturated rings. The molecule has 0 heterocycles. The minimum absolute atomic E-state index is 0.124. The molecule has 0 amide bonds. The normalized spacial score (nSPS) is 14.1. The lowest BCUT2D eigenvalue weighted by molar-refractivity contribution is 0.275. The van der Waals surface area contributed by atoms with E-state index in [1.54, 1.807) is 0 Å². The Kier molecular flexibility index (Phi) is 3.92. The summed E-state index contributed by atoms with van der Waals surface area (Å²) in [7, 11) is 0. The summed E-state index contributed by atoms with van der Waals surface area (Å²) >= 11 is 2.31. The van der Waals surface area contributed by atoms with E-state index in [-0.39, 0.29) is 11.5 Å². The Hall–Kier alpha value is -0.130. The van der Waals surface area contributed by atoms with E-state index >= 15 is 0 Å². The lowest BCUT2D eigenvalue weighted by atomic mass is 9.83. The van der Waals surface area contributed by atoms with Crippen LogP contribution in [-0.4, -0.2) is 0 Å². The third-order valence-corrected chi connectivity index (χ3v) is 2.89. The zero-order valence-corrected chi connectivity index (χ0v) is 11.0. The summed E-state index contributed by atoms with van der Waals surface area (Å²) in [6, 6.07) is 8.61. The molecule has 1 aromatic rings. The Bertz CT molecular complexity index is 304. The summed E-state index contributed by atoms with van der Waals surface area (Å²) in [5.74, 6) is 5.59. The van der Waals surface area contributed by atoms with E-state index in [2.05, 4.69) is 73.1 Å². The molecule has 1 aromatic carbocycles. The van der Waals surface area contributed by atoms with Crippen molar-refractivity contribution in [3.63, 3.8) is 0 Å². The minimum Gasteiger partial charge on any atom is -0.271 e. The number of nitrogens with two attached hydrogens (primary N) is 1. The molecule has 0 radical (unpaired) electrons. The van der Waals surface area contributed by atoms with Crippen molar-refractivity contribution in [2.24, 2.45) is 11.3 Å². The van der Waals surface area contributed by atoms with E-state index in [0.29, 0.717) is 0 Å². The van der Waals surface area contributed by atoms with Gasteiger partial charge in [-0.2, -0.15) is 0 Å². The van der Waals surface area contributed by atoms with E-state index < -0.39 is 0 Å². The van der Waals surface area contributed by atoms with Gasteiger partial charge in [0.15, 0.2) is 0 Å². The highest BCUT2D eigenvalue weighted by molar-refractivity contribution is 14.1. The average Bonchev–Trinajstić information content (AvgIpc) is 2.02. The number of hydrazine groups is 1. The quantitative estimate of drug-likeness (QED) is 0.501. The Morgan fingerprint density at radius 2 is 2.00 bits per heavy atom. The highest BCUT2D eigenvalue weighted by Crippen LogP contribution is 2.32. The maximum Gasteiger partial charge on any atom is 0.0508 e. The Morgan fingerprint density at radius 1 is 1.36 bits per heavy atom. The molecule has 0 aliphatic carbocycles. The van der Waals surface area contributed by atoms with Crippen LogP contribution in [0.25, 0.3) is 0 Å². The maximum absolute atomic E-state index is 5.59. The molecule has 0 saturated heterocycles. The van der Waals surface area contributed by atoms with Crippen molar-refractivity contribution in [1.29, 1.82) is 0 Å². The van der Waals surface area contributed by atoms with Gasteiger partial charge >= 0.3 is 0 Å². The molecule has 1 rings (SSSR count). The van der Waals surface area contributed by atoms with E-state index in [4.69, 9.17) is 5.84 Å². The van der Waals surface area contributed by atoms with Gasteiger partial charge in [0.25, 0.3) is 0 Å². The van der Waals surface area contributed by atoms with Crippen molar-refractivity contribution < 1.29 is 0 Å². The molecule has 2 nitrogen and oxygen atoms in total. The van der Waals surface area contributed by atoms with Crippen LogP contribution in [0.4, 0.5) is 0 Å². The van der Waals surface area contributed by atoms with Gasteiger partial charge in [-0.25, -0.2) is 0 Å². The molecule has 1 atom stereocenters. The zero-order valence-electron chi connectivity index (χ0n) is 8.84. The molecule has 3 heteroatoms. The van der Waals surface area contributed by atoms with Crippen molar-refractivity contribution in [2.45, 2.75) is 26.8 Å². The van der Waals surface area contributed by atoms with Crippen molar-refractivity contribution in [1.82, 2.24) is 5.43 Å². The second-order valence-corrected chi connectivity index (χ2v) is 5.77. The number of benzene rings is 1. The molecule has 0 saturated carbocycles. The molecule has 0 aliphatic heterocycles. The molecule has 0 bridgehead atoms. The van der Waals surface area contributed by atoms with Gasteiger partial charge in [0.1, 0.15) is 0 Å². The molecule has 0 aromatic heterocycles. The molecule has 14 heavy (non-hydrogen) atoms. The van der Waals surface area contributed by atoms with Crippen molar-refractivity contribution in [3.8, 4) is 0 Å². The second-order valence-electron chi connectivity index (χ2n) is 4.52. The average molecular weight is 304 g/mol. The minimum atomic E-state index is 0.124. The van der Waals surface area contributed by atoms with Crippen molar-refractivity contribution in [3.05, 3.63) is 33.4 Å². The zero-order chi connectivity index (χ0) is 10.8. The van der Waals surface area contributed by atoms with Crippen LogP contribution in [0.3, 0.4) is 0 Å². The summed E-state index contributed by atoms with van der Waals surface area (Å²) in [5.41, 5.74) is 4.25. The summed E-state index contributed by atoms with van der Waals surface area (Å²) < 4.78 is 1.24. The number of hydrogen-bond acceptors (Lipinski definition) is 2. The topological polar surface area (TPSA) is 38.0 Å². The summed E-state index contributed by atoms with van der Waals surface area (Å²) in [6.45, 7) is 6.53. The second kappa shape index (κ2) is 4.59. The fraction of sp³-hybridized carbons (Fsp3) is 0.455. The van der Waals surface area contributed by atoms with Crippen molar-refractivity contribution >= 4 is 22.6 Å². The first kappa shape index (κ1) is 11.9. The number of nitrogens with one attached hydrogen (secondary N) is 1. The lowest BCUT2D eigenvalue weighted by Gasteiger charge is -2.30. The van der Waals surface area contributed by atoms with Crippen LogP contribution in [-0.2, 0) is 0 Å². The summed E-state index contributed by atoms with van der Waals surface area (Å²) in [5, 5.41) is 0. The van der Waals surface area contributed by atoms with Crippen LogP contribution >= 0.6 is 22.6 Å². The standard InChI is InChI=1S/C11H17IN2/c1-11(2,3)10(14-13)8-5-4-6-9(12)7-8/h4-7,10,14H,13H2,1-3H3. The fourth-order valence-corrected chi connectivity index (χ4v) is 2.10. The van der Waals surface area contributed by atoms with E-state index in [1.807, 2.05) is 0 Å². The van der Waals surface area contributed by atoms with Gasteiger partial charge in [0.2, 0.25) is 0 Å². The van der Waals surface area contributed by atoms with Gasteiger partial charge in [-0.3, -0.25) is 11.3 Å². The van der Waals surface area contributed by atoms with Crippen LogP contribution in [0.2, 0.25) is 0 Å². The third kappa shape index (κ3) is 2.93. The molecule has 78 valence electrons. The van der Waals surface area contributed by atoms with Gasteiger partial charge in [-0.1, -0.05) is 32.9 Å². The van der Waals surface area contributed by atoms with Gasteiger partial charge in [0, 0.05) is 3.57 Å². The molecular formula is C11H17IN2. The third-order valence-electron chi connectivity index (χ3n) is 2.21. The molecular weight excluding hydrogens is 287 g/mol. The highest BCUT2D eigenvalue weighted by Gasteiger charge is 2.24. The van der Waals surface area contributed by atoms with Gasteiger partial charge in [-0.05, 0) is 45.7 Å². The monoisotopic (exact) mass is 304 g/mol. The molecule has 0 spiro atoms. The highest BCUT2D eigenvalue weighted by atomic mass is 127. The first-order chi connectivity index (χ1) is 6.45. The molecule has 0 aliphatic rings. The fourth-order valence-electron chi connectivity index (χ4n) is 1.53. The summed E-state index contributed by atoms with van der Waals surface area (Å²) in [4.78, 5) is 0. The Morgan fingerprint density at radius 3 is 2.43 bits per heavy atom. The SMILES string of the molecule is CC(C)(C)C(NN)c1cccc(I)c1. The van der Waals surface area contributed by atoms with Crippen LogP contribution in [0.1, 0.15) is 32.4 Å². The molecule has 1 unspecified atom stereocenters. The van der Waals surface area contributed by atoms with Crippen LogP contribution in [0, 0.1) is 8.99 Å². The predicted octanol–water partition coefficient (Wildman–Crippen LogP) is 2.84. The number of hydrogen-bond donors (Lipinski definition) is 2. The Labute approximate surface area is 99.4 Å². The Balaban J connectivity index is 3.01. The maximum atomic E-state index is 5.59. The number of rotatable bonds is 2. The first-order valence-electron chi connectivity index (χ1n) is 4.67. The molecule has 3 N–H and O–H groups in total. The summed E-state index contributed by atoms with van der Waals surface area (Å²) in [6.07, 6.45) is 0. The first-order valence-corrected chi connectivity index (χ1v) is 5.74. The largest absolute Gasteiger partial charge is 0.271 e. The van der Waals surface area contributed by atoms with Crippen LogP contribution in [0.5, 0.6) is 0 Å². The van der Waals surface area contributed by atoms with Gasteiger partial charge in [-0.15, -0.1) is 0 Å². The van der Waals surface area contributed by atoms with E-state index in [1.165, 1.54) is 9.13 Å². The van der Waals surface area contributed by atoms with Crippen LogP contribution in [0.15, 0.2) is 24.3 Å². The van der Waals surface area contributed by atoms with Crippen LogP contribution < -0.4 is 11.3 Å². The van der Waals surface area contributed by atoms with E-state index in [9.17, 15) is 0 Å².